The summed E-state index contributed by atoms with van der Waals surface area (Å²) >= 11 is 0. The smallest absolute Gasteiger partial charge is 0.225 e. The summed E-state index contributed by atoms with van der Waals surface area (Å²) in [6.07, 6.45) is 9.12. The molecule has 0 bridgehead atoms. The molecule has 1 aliphatic heterocycles. The maximum atomic E-state index is 4.36. The highest BCUT2D eigenvalue weighted by Crippen LogP contribution is 2.37. The van der Waals surface area contributed by atoms with Gasteiger partial charge in [0.15, 0.2) is 0 Å². The van der Waals surface area contributed by atoms with Crippen LogP contribution in [0.25, 0.3) is 0 Å². The molecule has 0 atom stereocenters. The van der Waals surface area contributed by atoms with Crippen molar-refractivity contribution < 1.29 is 0 Å². The van der Waals surface area contributed by atoms with Gasteiger partial charge in [-0.2, -0.15) is 0 Å². The van der Waals surface area contributed by atoms with Gasteiger partial charge in [0.2, 0.25) is 5.95 Å². The van der Waals surface area contributed by atoms with Gasteiger partial charge in [-0.05, 0) is 43.1 Å². The monoisotopic (exact) mass is 345 g/mol. The number of nitrogens with zero attached hydrogens (tertiary/aromatic N) is 4. The molecule has 140 valence electrons. The first-order valence-electron chi connectivity index (χ1n) is 10.00. The molecule has 25 heavy (non-hydrogen) atoms. The Kier molecular flexibility index (Phi) is 6.29. The second-order valence-corrected chi connectivity index (χ2v) is 8.75. The van der Waals surface area contributed by atoms with Crippen molar-refractivity contribution in [2.24, 2.45) is 11.3 Å². The van der Waals surface area contributed by atoms with Crippen molar-refractivity contribution >= 4 is 5.95 Å². The highest BCUT2D eigenvalue weighted by Gasteiger charge is 2.29. The van der Waals surface area contributed by atoms with Crippen molar-refractivity contribution in [3.05, 3.63) is 18.5 Å². The predicted molar refractivity (Wildman–Crippen MR) is 104 cm³/mol. The first-order valence-corrected chi connectivity index (χ1v) is 10.00. The Morgan fingerprint density at radius 2 is 1.64 bits per heavy atom. The SMILES string of the molecule is CC(C)(C)C1CCC(NCCN2CCN(c3ncccn3)CC2)CC1. The van der Waals surface area contributed by atoms with Crippen LogP contribution < -0.4 is 10.2 Å². The van der Waals surface area contributed by atoms with Gasteiger partial charge in [-0.1, -0.05) is 20.8 Å². The summed E-state index contributed by atoms with van der Waals surface area (Å²) in [5.41, 5.74) is 0.479. The molecule has 0 amide bonds. The van der Waals surface area contributed by atoms with Gasteiger partial charge in [0.1, 0.15) is 0 Å². The zero-order chi connectivity index (χ0) is 17.7. The Bertz CT molecular complexity index is 497. The molecule has 5 nitrogen and oxygen atoms in total. The van der Waals surface area contributed by atoms with Gasteiger partial charge in [-0.15, -0.1) is 0 Å². The fourth-order valence-corrected chi connectivity index (χ4v) is 4.22. The molecule has 0 unspecified atom stereocenters. The van der Waals surface area contributed by atoms with Crippen LogP contribution in [0.2, 0.25) is 0 Å². The molecule has 2 fully saturated rings. The van der Waals surface area contributed by atoms with Crippen LogP contribution in [0.1, 0.15) is 46.5 Å². The van der Waals surface area contributed by atoms with E-state index in [-0.39, 0.29) is 0 Å². The largest absolute Gasteiger partial charge is 0.338 e. The number of piperazine rings is 1. The third kappa shape index (κ3) is 5.38. The topological polar surface area (TPSA) is 44.3 Å². The summed E-state index contributed by atoms with van der Waals surface area (Å²) in [7, 11) is 0. The zero-order valence-electron chi connectivity index (χ0n) is 16.2. The van der Waals surface area contributed by atoms with Gasteiger partial charge in [0.25, 0.3) is 0 Å². The summed E-state index contributed by atoms with van der Waals surface area (Å²) < 4.78 is 0. The first kappa shape index (κ1) is 18.6. The Hall–Kier alpha value is -1.20. The molecule has 1 N–H and O–H groups in total. The number of hydrogen-bond donors (Lipinski definition) is 1. The molecule has 1 saturated heterocycles. The van der Waals surface area contributed by atoms with Crippen LogP contribution in [0, 0.1) is 11.3 Å². The van der Waals surface area contributed by atoms with Gasteiger partial charge in [-0.3, -0.25) is 4.90 Å². The average molecular weight is 346 g/mol. The molecule has 5 heteroatoms. The number of anilines is 1. The summed E-state index contributed by atoms with van der Waals surface area (Å²) in [5.74, 6) is 1.77. The molecule has 0 aromatic carbocycles. The molecule has 1 aromatic heterocycles. The number of nitrogens with one attached hydrogen (secondary N) is 1. The minimum Gasteiger partial charge on any atom is -0.338 e. The minimum atomic E-state index is 0.479. The summed E-state index contributed by atoms with van der Waals surface area (Å²) in [5, 5.41) is 3.80. The lowest BCUT2D eigenvalue weighted by Gasteiger charge is -2.38. The van der Waals surface area contributed by atoms with Gasteiger partial charge < -0.3 is 10.2 Å². The van der Waals surface area contributed by atoms with E-state index in [9.17, 15) is 0 Å². The Balaban J connectivity index is 1.31. The third-order valence-corrected chi connectivity index (χ3v) is 6.02. The Morgan fingerprint density at radius 1 is 1.00 bits per heavy atom. The van der Waals surface area contributed by atoms with Crippen LogP contribution in [0.15, 0.2) is 18.5 Å². The number of rotatable bonds is 5. The summed E-state index contributed by atoms with van der Waals surface area (Å²) in [4.78, 5) is 13.6. The Morgan fingerprint density at radius 3 is 2.24 bits per heavy atom. The van der Waals surface area contributed by atoms with E-state index in [2.05, 4.69) is 45.9 Å². The molecule has 1 aliphatic carbocycles. The second-order valence-electron chi connectivity index (χ2n) is 8.75. The van der Waals surface area contributed by atoms with Gasteiger partial charge in [-0.25, -0.2) is 9.97 Å². The standard InChI is InChI=1S/C20H35N5/c1-20(2,3)17-5-7-18(8-6-17)21-11-12-24-13-15-25(16-14-24)19-22-9-4-10-23-19/h4,9-10,17-18,21H,5-8,11-16H2,1-3H3. The van der Waals surface area contributed by atoms with Gasteiger partial charge in [0, 0.05) is 57.7 Å². The van der Waals surface area contributed by atoms with E-state index < -0.39 is 0 Å². The lowest BCUT2D eigenvalue weighted by Crippen LogP contribution is -2.49. The average Bonchev–Trinajstić information content (AvgIpc) is 2.63. The molecular weight excluding hydrogens is 310 g/mol. The van der Waals surface area contributed by atoms with Crippen LogP contribution in [0.5, 0.6) is 0 Å². The van der Waals surface area contributed by atoms with Gasteiger partial charge in [0.05, 0.1) is 0 Å². The zero-order valence-corrected chi connectivity index (χ0v) is 16.2. The minimum absolute atomic E-state index is 0.479. The lowest BCUT2D eigenvalue weighted by atomic mass is 9.71. The van der Waals surface area contributed by atoms with E-state index in [1.807, 2.05) is 18.5 Å². The van der Waals surface area contributed by atoms with Crippen molar-refractivity contribution in [3.8, 4) is 0 Å². The fraction of sp³-hybridized carbons (Fsp3) is 0.800. The van der Waals surface area contributed by atoms with E-state index in [0.717, 1.165) is 57.2 Å². The molecule has 2 aliphatic rings. The number of hydrogen-bond acceptors (Lipinski definition) is 5. The molecule has 2 heterocycles. The van der Waals surface area contributed by atoms with E-state index >= 15 is 0 Å². The maximum Gasteiger partial charge on any atom is 0.225 e. The second kappa shape index (κ2) is 8.45. The fourth-order valence-electron chi connectivity index (χ4n) is 4.22. The third-order valence-electron chi connectivity index (χ3n) is 6.02. The van der Waals surface area contributed by atoms with Crippen LogP contribution in [-0.4, -0.2) is 60.2 Å². The molecular formula is C20H35N5. The number of aromatic nitrogens is 2. The van der Waals surface area contributed by atoms with Crippen LogP contribution in [0.3, 0.4) is 0 Å². The normalized spacial score (nSPS) is 26.0. The first-order chi connectivity index (χ1) is 12.0. The van der Waals surface area contributed by atoms with Crippen LogP contribution in [-0.2, 0) is 0 Å². The highest BCUT2D eigenvalue weighted by molar-refractivity contribution is 5.29. The van der Waals surface area contributed by atoms with Crippen molar-refractivity contribution in [2.45, 2.75) is 52.5 Å². The van der Waals surface area contributed by atoms with Gasteiger partial charge >= 0.3 is 0 Å². The predicted octanol–water partition coefficient (Wildman–Crippen LogP) is 2.79. The van der Waals surface area contributed by atoms with Crippen molar-refractivity contribution in [3.63, 3.8) is 0 Å². The van der Waals surface area contributed by atoms with Crippen molar-refractivity contribution in [1.29, 1.82) is 0 Å². The van der Waals surface area contributed by atoms with E-state index in [1.165, 1.54) is 25.7 Å². The Labute approximate surface area is 153 Å². The molecule has 1 saturated carbocycles. The van der Waals surface area contributed by atoms with Crippen molar-refractivity contribution in [2.75, 3.05) is 44.2 Å². The maximum absolute atomic E-state index is 4.36. The highest BCUT2D eigenvalue weighted by atomic mass is 15.3. The van der Waals surface area contributed by atoms with E-state index in [4.69, 9.17) is 0 Å². The molecule has 1 aromatic rings. The van der Waals surface area contributed by atoms with E-state index in [0.29, 0.717) is 5.41 Å². The van der Waals surface area contributed by atoms with E-state index in [1.54, 1.807) is 0 Å². The van der Waals surface area contributed by atoms with Crippen LogP contribution in [0.4, 0.5) is 5.95 Å². The quantitative estimate of drug-likeness (QED) is 0.889. The lowest BCUT2D eigenvalue weighted by molar-refractivity contribution is 0.157. The summed E-state index contributed by atoms with van der Waals surface area (Å²) in [6, 6.07) is 2.61. The summed E-state index contributed by atoms with van der Waals surface area (Å²) in [6.45, 7) is 13.7. The molecule has 0 spiro atoms. The molecule has 3 rings (SSSR count). The molecule has 0 radical (unpaired) electrons. The van der Waals surface area contributed by atoms with Crippen molar-refractivity contribution in [1.82, 2.24) is 20.2 Å². The van der Waals surface area contributed by atoms with Crippen LogP contribution >= 0.6 is 0 Å².